The molecule has 0 aromatic carbocycles. The van der Waals surface area contributed by atoms with Crippen molar-refractivity contribution in [1.29, 1.82) is 0 Å². The van der Waals surface area contributed by atoms with E-state index in [2.05, 4.69) is 5.73 Å². The molecule has 0 atom stereocenters. The topological polar surface area (TPSA) is 26.0 Å². The van der Waals surface area contributed by atoms with Gasteiger partial charge in [-0.05, 0) is 7.05 Å². The van der Waals surface area contributed by atoms with Crippen LogP contribution in [0.15, 0.2) is 0 Å². The average molecular weight is 107 g/mol. The van der Waals surface area contributed by atoms with Gasteiger partial charge in [0.25, 0.3) is 0 Å². The molecule has 0 radical (unpaired) electrons. The van der Waals surface area contributed by atoms with E-state index in [0.29, 0.717) is 0 Å². The van der Waals surface area contributed by atoms with Crippen LogP contribution in [0, 0.1) is 0 Å². The Morgan fingerprint density at radius 2 is 0.714 bits per heavy atom. The van der Waals surface area contributed by atoms with Crippen LogP contribution in [0.4, 0.5) is 0 Å². The van der Waals surface area contributed by atoms with Crippen molar-refractivity contribution >= 4 is 0 Å². The number of rotatable bonds is 0. The molecular formula is C6H21N. The summed E-state index contributed by atoms with van der Waals surface area (Å²) in [6, 6.07) is 0. The summed E-state index contributed by atoms with van der Waals surface area (Å²) in [5.41, 5.74) is 4.50. The van der Waals surface area contributed by atoms with Gasteiger partial charge in [0.2, 0.25) is 0 Å². The molecule has 2 N–H and O–H groups in total. The van der Waals surface area contributed by atoms with Crippen LogP contribution >= 0.6 is 0 Å². The van der Waals surface area contributed by atoms with Crippen LogP contribution < -0.4 is 5.73 Å². The van der Waals surface area contributed by atoms with E-state index in [1.54, 1.807) is 0 Å². The molecule has 0 bridgehead atoms. The van der Waals surface area contributed by atoms with Crippen molar-refractivity contribution in [2.45, 2.75) is 35.1 Å². The van der Waals surface area contributed by atoms with E-state index >= 15 is 0 Å². The van der Waals surface area contributed by atoms with Gasteiger partial charge in [-0.2, -0.15) is 0 Å². The maximum atomic E-state index is 4.50. The predicted octanol–water partition coefficient (Wildman–Crippen LogP) is 2.26. The van der Waals surface area contributed by atoms with Crippen LogP contribution in [0.2, 0.25) is 0 Å². The Morgan fingerprint density at radius 3 is 0.714 bits per heavy atom. The zero-order valence-electron chi connectivity index (χ0n) is 5.58. The zero-order valence-corrected chi connectivity index (χ0v) is 5.58. The van der Waals surface area contributed by atoms with Crippen LogP contribution in [0.25, 0.3) is 0 Å². The highest BCUT2D eigenvalue weighted by Gasteiger charge is 0.934. The molecule has 7 heavy (non-hydrogen) atoms. The lowest BCUT2D eigenvalue weighted by Crippen LogP contribution is -1.69. The summed E-state index contributed by atoms with van der Waals surface area (Å²) < 4.78 is 0. The fourth-order valence-electron chi connectivity index (χ4n) is 0. The Morgan fingerprint density at radius 1 is 0.714 bits per heavy atom. The quantitative estimate of drug-likeness (QED) is 0.505. The second kappa shape index (κ2) is 91600. The van der Waals surface area contributed by atoms with Crippen molar-refractivity contribution in [2.75, 3.05) is 7.05 Å². The average Bonchev–Trinajstić information content (AvgIpc) is 1.81. The summed E-state index contributed by atoms with van der Waals surface area (Å²) in [6.45, 7) is 8.00. The summed E-state index contributed by atoms with van der Waals surface area (Å²) in [6.07, 6.45) is 0. The number of hydrogen-bond donors (Lipinski definition) is 1. The van der Waals surface area contributed by atoms with Gasteiger partial charge in [-0.25, -0.2) is 0 Å². The SMILES string of the molecule is C.CC.CC.CN. The lowest BCUT2D eigenvalue weighted by Gasteiger charge is -1.19. The van der Waals surface area contributed by atoms with E-state index in [4.69, 9.17) is 0 Å². The Kier molecular flexibility index (Phi) is 369000. The fourth-order valence-corrected chi connectivity index (χ4v) is 0. The van der Waals surface area contributed by atoms with E-state index < -0.39 is 0 Å². The molecule has 0 saturated heterocycles. The molecule has 0 aromatic rings. The highest BCUT2D eigenvalue weighted by molar-refractivity contribution is 3.54. The summed E-state index contributed by atoms with van der Waals surface area (Å²) >= 11 is 0. The van der Waals surface area contributed by atoms with E-state index in [-0.39, 0.29) is 7.43 Å². The van der Waals surface area contributed by atoms with Gasteiger partial charge < -0.3 is 5.73 Å². The first kappa shape index (κ1) is 28.2. The third kappa shape index (κ3) is 58400. The van der Waals surface area contributed by atoms with Gasteiger partial charge in [-0.3, -0.25) is 0 Å². The molecular weight excluding hydrogens is 86.1 g/mol. The highest BCUT2D eigenvalue weighted by atomic mass is 14.4. The van der Waals surface area contributed by atoms with Gasteiger partial charge in [0, 0.05) is 0 Å². The van der Waals surface area contributed by atoms with Gasteiger partial charge in [0.1, 0.15) is 0 Å². The van der Waals surface area contributed by atoms with E-state index in [1.807, 2.05) is 27.7 Å². The van der Waals surface area contributed by atoms with Gasteiger partial charge in [0.05, 0.1) is 0 Å². The standard InChI is InChI=1S/2C2H6.CH5N.CH4/c3*1-2;/h2*1-2H3;2H2,1H3;1H4. The smallest absolute Gasteiger partial charge is 0.0195 e. The van der Waals surface area contributed by atoms with E-state index in [0.717, 1.165) is 0 Å². The van der Waals surface area contributed by atoms with Gasteiger partial charge in [-0.1, -0.05) is 35.1 Å². The summed E-state index contributed by atoms with van der Waals surface area (Å²) in [5.74, 6) is 0. The molecule has 0 fully saturated rings. The molecule has 50 valence electrons. The molecule has 1 heteroatoms. The van der Waals surface area contributed by atoms with Crippen molar-refractivity contribution in [2.24, 2.45) is 5.73 Å². The summed E-state index contributed by atoms with van der Waals surface area (Å²) in [4.78, 5) is 0. The molecule has 0 rings (SSSR count). The second-order valence-electron chi connectivity index (χ2n) is 0. The first-order valence-corrected chi connectivity index (χ1v) is 2.58. The van der Waals surface area contributed by atoms with E-state index in [1.165, 1.54) is 7.05 Å². The predicted molar refractivity (Wildman–Crippen MR) is 39.5 cm³/mol. The third-order valence-corrected chi connectivity index (χ3v) is 0. The Bertz CT molecular complexity index is 4.14. The minimum Gasteiger partial charge on any atom is -0.333 e. The minimum atomic E-state index is 0. The molecule has 0 amide bonds. The van der Waals surface area contributed by atoms with Crippen molar-refractivity contribution in [3.05, 3.63) is 0 Å². The molecule has 0 spiro atoms. The molecule has 0 aromatic heterocycles. The maximum Gasteiger partial charge on any atom is -0.0195 e. The fraction of sp³-hybridized carbons (Fsp3) is 1.00. The van der Waals surface area contributed by atoms with Crippen molar-refractivity contribution < 1.29 is 0 Å². The monoisotopic (exact) mass is 107 g/mol. The number of nitrogens with two attached hydrogens (primary N) is 1. The van der Waals surface area contributed by atoms with Crippen LogP contribution in [-0.4, -0.2) is 7.05 Å². The first-order chi connectivity index (χ1) is 3.00. The lowest BCUT2D eigenvalue weighted by atomic mass is 11.0. The van der Waals surface area contributed by atoms with Crippen molar-refractivity contribution in [1.82, 2.24) is 0 Å². The summed E-state index contributed by atoms with van der Waals surface area (Å²) in [5, 5.41) is 0. The van der Waals surface area contributed by atoms with Gasteiger partial charge in [0.15, 0.2) is 0 Å². The molecule has 0 aliphatic carbocycles. The Balaban J connectivity index is -0.00000000900. The van der Waals surface area contributed by atoms with Crippen LogP contribution in [0.1, 0.15) is 35.1 Å². The maximum absolute atomic E-state index is 4.50. The summed E-state index contributed by atoms with van der Waals surface area (Å²) in [7, 11) is 1.50. The normalized spacial score (nSPS) is 2.57. The first-order valence-electron chi connectivity index (χ1n) is 2.58. The lowest BCUT2D eigenvalue weighted by molar-refractivity contribution is 1.48. The molecule has 0 aliphatic heterocycles. The molecule has 0 heterocycles. The van der Waals surface area contributed by atoms with Crippen LogP contribution in [0.3, 0.4) is 0 Å². The zero-order chi connectivity index (χ0) is 6.00. The molecule has 0 unspecified atom stereocenters. The van der Waals surface area contributed by atoms with Crippen LogP contribution in [0.5, 0.6) is 0 Å². The highest BCUT2D eigenvalue weighted by Crippen LogP contribution is 1.15. The second-order valence-corrected chi connectivity index (χ2v) is 0. The Hall–Kier alpha value is -0.0400. The molecule has 0 aliphatic rings. The third-order valence-electron chi connectivity index (χ3n) is 0. The van der Waals surface area contributed by atoms with Gasteiger partial charge >= 0.3 is 0 Å². The Labute approximate surface area is 48.9 Å². The number of hydrogen-bond acceptors (Lipinski definition) is 1. The van der Waals surface area contributed by atoms with Crippen molar-refractivity contribution in [3.63, 3.8) is 0 Å². The van der Waals surface area contributed by atoms with Gasteiger partial charge in [-0.15, -0.1) is 0 Å². The largest absolute Gasteiger partial charge is 0.333 e. The van der Waals surface area contributed by atoms with Crippen molar-refractivity contribution in [3.8, 4) is 0 Å². The minimum absolute atomic E-state index is 0. The molecule has 0 saturated carbocycles. The van der Waals surface area contributed by atoms with E-state index in [9.17, 15) is 0 Å². The molecule has 1 nitrogen and oxygen atoms in total. The van der Waals surface area contributed by atoms with Crippen LogP contribution in [-0.2, 0) is 0 Å².